The average Bonchev–Trinajstić information content (AvgIpc) is 3.12. The minimum Gasteiger partial charge on any atom is -0.325 e. The molecule has 0 fully saturated rings. The predicted octanol–water partition coefficient (Wildman–Crippen LogP) is 3.58. The quantitative estimate of drug-likeness (QED) is 0.656. The van der Waals surface area contributed by atoms with Crippen LogP contribution in [-0.2, 0) is 26.0 Å². The van der Waals surface area contributed by atoms with Crippen LogP contribution in [0.1, 0.15) is 32.8 Å². The first-order chi connectivity index (χ1) is 14.6. The molecule has 1 heterocycles. The topological polar surface area (TPSA) is 95.6 Å². The molecule has 0 spiro atoms. The van der Waals surface area contributed by atoms with Gasteiger partial charge in [0.2, 0.25) is 21.8 Å². The van der Waals surface area contributed by atoms with Gasteiger partial charge in [0.05, 0.1) is 4.90 Å². The molecular weight excluding hydrogens is 438 g/mol. The normalized spacial score (nSPS) is 14.4. The van der Waals surface area contributed by atoms with Crippen molar-refractivity contribution in [3.63, 3.8) is 0 Å². The molecule has 2 aromatic carbocycles. The molecule has 0 aliphatic carbocycles. The van der Waals surface area contributed by atoms with Crippen molar-refractivity contribution in [2.75, 3.05) is 16.8 Å². The van der Waals surface area contributed by atoms with E-state index in [-0.39, 0.29) is 16.7 Å². The number of fused-ring (bicyclic) bond motifs is 1. The van der Waals surface area contributed by atoms with Gasteiger partial charge in [-0.1, -0.05) is 25.4 Å². The van der Waals surface area contributed by atoms with Crippen LogP contribution in [0.25, 0.3) is 0 Å². The van der Waals surface area contributed by atoms with Crippen LogP contribution < -0.4 is 14.9 Å². The number of hydrogen-bond acceptors (Lipinski definition) is 4. The highest BCUT2D eigenvalue weighted by Crippen LogP contribution is 2.30. The Balaban J connectivity index is 1.81. The van der Waals surface area contributed by atoms with Crippen molar-refractivity contribution >= 4 is 44.8 Å². The van der Waals surface area contributed by atoms with Crippen molar-refractivity contribution in [3.8, 4) is 0 Å². The van der Waals surface area contributed by atoms with Gasteiger partial charge in [-0.25, -0.2) is 8.42 Å². The van der Waals surface area contributed by atoms with Crippen LogP contribution in [0.15, 0.2) is 47.4 Å². The van der Waals surface area contributed by atoms with Gasteiger partial charge in [0, 0.05) is 29.9 Å². The number of amides is 2. The molecule has 0 unspecified atom stereocenters. The molecule has 7 nitrogen and oxygen atoms in total. The number of carbonyl (C=O) groups is 2. The van der Waals surface area contributed by atoms with E-state index in [1.807, 2.05) is 13.8 Å². The van der Waals surface area contributed by atoms with Gasteiger partial charge in [-0.15, -0.1) is 0 Å². The highest BCUT2D eigenvalue weighted by atomic mass is 35.5. The first-order valence-corrected chi connectivity index (χ1v) is 11.9. The van der Waals surface area contributed by atoms with Gasteiger partial charge in [-0.2, -0.15) is 4.72 Å². The average molecular weight is 464 g/mol. The Bertz CT molecular complexity index is 1080. The first kappa shape index (κ1) is 23.2. The maximum atomic E-state index is 13.1. The Morgan fingerprint density at radius 1 is 1.13 bits per heavy atom. The third-order valence-corrected chi connectivity index (χ3v) is 6.79. The van der Waals surface area contributed by atoms with Gasteiger partial charge in [0.1, 0.15) is 6.04 Å². The van der Waals surface area contributed by atoms with Crippen molar-refractivity contribution in [2.24, 2.45) is 5.92 Å². The van der Waals surface area contributed by atoms with Gasteiger partial charge >= 0.3 is 0 Å². The minimum atomic E-state index is -3.94. The van der Waals surface area contributed by atoms with E-state index < -0.39 is 22.0 Å². The fourth-order valence-corrected chi connectivity index (χ4v) is 4.95. The van der Waals surface area contributed by atoms with E-state index in [1.165, 1.54) is 13.0 Å². The molecule has 2 aromatic rings. The number of sulfonamides is 1. The smallest absolute Gasteiger partial charge is 0.242 e. The van der Waals surface area contributed by atoms with Gasteiger partial charge in [-0.05, 0) is 66.8 Å². The maximum absolute atomic E-state index is 13.1. The summed E-state index contributed by atoms with van der Waals surface area (Å²) in [5.41, 5.74) is 2.05. The Morgan fingerprint density at radius 3 is 2.42 bits per heavy atom. The highest BCUT2D eigenvalue weighted by molar-refractivity contribution is 7.89. The highest BCUT2D eigenvalue weighted by Gasteiger charge is 2.29. The predicted molar refractivity (Wildman–Crippen MR) is 122 cm³/mol. The van der Waals surface area contributed by atoms with Gasteiger partial charge in [-0.3, -0.25) is 9.59 Å². The fraction of sp³-hybridized carbons (Fsp3) is 0.364. The summed E-state index contributed by atoms with van der Waals surface area (Å²) in [6, 6.07) is 10.3. The number of rotatable bonds is 7. The second-order valence-corrected chi connectivity index (χ2v) is 10.2. The second-order valence-electron chi connectivity index (χ2n) is 8.01. The third-order valence-electron chi connectivity index (χ3n) is 5.07. The molecule has 1 aliphatic rings. The molecule has 2 amide bonds. The third kappa shape index (κ3) is 5.64. The van der Waals surface area contributed by atoms with Crippen molar-refractivity contribution in [1.29, 1.82) is 0 Å². The molecular formula is C22H26ClN3O4S. The monoisotopic (exact) mass is 463 g/mol. The molecule has 9 heteroatoms. The number of benzene rings is 2. The molecule has 0 saturated carbocycles. The summed E-state index contributed by atoms with van der Waals surface area (Å²) in [6.07, 6.45) is 0.923. The van der Waals surface area contributed by atoms with Crippen LogP contribution in [0.4, 0.5) is 11.4 Å². The summed E-state index contributed by atoms with van der Waals surface area (Å²) in [5, 5.41) is 3.28. The molecule has 0 bridgehead atoms. The standard InChI is InChI=1S/C22H26ClN3O4S/c1-14(2)12-20(22(28)24-18-6-4-17(23)5-7-18)25-31(29,30)19-8-9-21-16(13-19)10-11-26(21)15(3)27/h4-9,13-14,20,25H,10-12H2,1-3H3,(H,24,28)/t20-/m0/s1. The van der Waals surface area contributed by atoms with E-state index in [4.69, 9.17) is 11.6 Å². The van der Waals surface area contributed by atoms with Gasteiger partial charge in [0.25, 0.3) is 0 Å². The van der Waals surface area contributed by atoms with Crippen LogP contribution in [0.5, 0.6) is 0 Å². The number of nitrogens with zero attached hydrogens (tertiary/aromatic N) is 1. The second kappa shape index (κ2) is 9.38. The van der Waals surface area contributed by atoms with E-state index in [0.717, 1.165) is 11.3 Å². The molecule has 0 aromatic heterocycles. The first-order valence-electron chi connectivity index (χ1n) is 10.1. The summed E-state index contributed by atoms with van der Waals surface area (Å²) in [4.78, 5) is 26.3. The SMILES string of the molecule is CC(=O)N1CCc2cc(S(=O)(=O)N[C@@H](CC(C)C)C(=O)Nc3ccc(Cl)cc3)ccc21. The number of hydrogen-bond donors (Lipinski definition) is 2. The van der Waals surface area contributed by atoms with Crippen LogP contribution in [-0.4, -0.2) is 32.8 Å². The fourth-order valence-electron chi connectivity index (χ4n) is 3.57. The molecule has 1 atom stereocenters. The lowest BCUT2D eigenvalue weighted by molar-refractivity contribution is -0.118. The molecule has 3 rings (SSSR count). The number of halogens is 1. The van der Waals surface area contributed by atoms with Crippen molar-refractivity contribution in [2.45, 2.75) is 44.6 Å². The summed E-state index contributed by atoms with van der Waals surface area (Å²) in [7, 11) is -3.94. The lowest BCUT2D eigenvalue weighted by Gasteiger charge is -2.21. The van der Waals surface area contributed by atoms with Crippen LogP contribution in [0.2, 0.25) is 5.02 Å². The van der Waals surface area contributed by atoms with Crippen molar-refractivity contribution in [3.05, 3.63) is 53.1 Å². The molecule has 0 radical (unpaired) electrons. The Morgan fingerprint density at radius 2 is 1.81 bits per heavy atom. The molecule has 1 aliphatic heterocycles. The lowest BCUT2D eigenvalue weighted by atomic mass is 10.0. The molecule has 166 valence electrons. The zero-order chi connectivity index (χ0) is 22.8. The largest absolute Gasteiger partial charge is 0.325 e. The number of nitrogens with one attached hydrogen (secondary N) is 2. The van der Waals surface area contributed by atoms with Crippen molar-refractivity contribution in [1.82, 2.24) is 4.72 Å². The molecule has 0 saturated heterocycles. The van der Waals surface area contributed by atoms with E-state index in [9.17, 15) is 18.0 Å². The van der Waals surface area contributed by atoms with Crippen molar-refractivity contribution < 1.29 is 18.0 Å². The number of carbonyl (C=O) groups excluding carboxylic acids is 2. The summed E-state index contributed by atoms with van der Waals surface area (Å²) < 4.78 is 28.7. The van der Waals surface area contributed by atoms with E-state index in [1.54, 1.807) is 41.3 Å². The Labute approximate surface area is 187 Å². The van der Waals surface area contributed by atoms with Gasteiger partial charge in [0.15, 0.2) is 0 Å². The van der Waals surface area contributed by atoms with Crippen LogP contribution in [0.3, 0.4) is 0 Å². The van der Waals surface area contributed by atoms with Crippen LogP contribution >= 0.6 is 11.6 Å². The Kier molecular flexibility index (Phi) is 7.03. The summed E-state index contributed by atoms with van der Waals surface area (Å²) in [6.45, 7) is 5.85. The maximum Gasteiger partial charge on any atom is 0.242 e. The molecule has 31 heavy (non-hydrogen) atoms. The number of anilines is 2. The van der Waals surface area contributed by atoms with E-state index in [2.05, 4.69) is 10.0 Å². The zero-order valence-electron chi connectivity index (χ0n) is 17.7. The van der Waals surface area contributed by atoms with E-state index >= 15 is 0 Å². The summed E-state index contributed by atoms with van der Waals surface area (Å²) >= 11 is 5.88. The summed E-state index contributed by atoms with van der Waals surface area (Å²) in [5.74, 6) is -0.431. The Hall–Kier alpha value is -2.42. The lowest BCUT2D eigenvalue weighted by Crippen LogP contribution is -2.44. The van der Waals surface area contributed by atoms with Crippen LogP contribution in [0, 0.1) is 5.92 Å². The van der Waals surface area contributed by atoms with E-state index in [0.29, 0.717) is 30.1 Å². The molecule has 2 N–H and O–H groups in total. The minimum absolute atomic E-state index is 0.0738. The van der Waals surface area contributed by atoms with Gasteiger partial charge < -0.3 is 10.2 Å². The zero-order valence-corrected chi connectivity index (χ0v) is 19.3.